The molecule has 1 aromatic carbocycles. The van der Waals surface area contributed by atoms with Gasteiger partial charge < -0.3 is 4.74 Å². The molecule has 28 heavy (non-hydrogen) atoms. The molecule has 9 nitrogen and oxygen atoms in total. The number of hydrogen-bond acceptors (Lipinski definition) is 9. The second-order valence-corrected chi connectivity index (χ2v) is 7.39. The third kappa shape index (κ3) is 2.90. The Bertz CT molecular complexity index is 1250. The summed E-state index contributed by atoms with van der Waals surface area (Å²) in [5, 5.41) is 30.4. The zero-order valence-electron chi connectivity index (χ0n) is 14.5. The molecule has 0 radical (unpaired) electrons. The zero-order chi connectivity index (χ0) is 18.9. The van der Waals surface area contributed by atoms with E-state index in [-0.39, 0.29) is 0 Å². The highest BCUT2D eigenvalue weighted by molar-refractivity contribution is 7.99. The Morgan fingerprint density at radius 3 is 2.82 bits per heavy atom. The van der Waals surface area contributed by atoms with E-state index in [0.29, 0.717) is 22.4 Å². The summed E-state index contributed by atoms with van der Waals surface area (Å²) >= 11 is 2.95. The molecule has 4 heterocycles. The molecular formula is C17H12N8OS2. The van der Waals surface area contributed by atoms with Gasteiger partial charge in [-0.05, 0) is 57.9 Å². The third-order valence-electron chi connectivity index (χ3n) is 3.97. The number of hydrogen-bond donors (Lipinski definition) is 0. The molecule has 0 aliphatic rings. The summed E-state index contributed by atoms with van der Waals surface area (Å²) < 4.78 is 8.77. The molecule has 0 amide bonds. The number of ether oxygens (including phenoxy) is 1. The molecule has 0 spiro atoms. The quantitative estimate of drug-likeness (QED) is 0.438. The molecule has 5 aromatic rings. The number of para-hydroxylation sites is 2. The maximum Gasteiger partial charge on any atom is 0.220 e. The van der Waals surface area contributed by atoms with Crippen molar-refractivity contribution in [2.24, 2.45) is 0 Å². The number of benzene rings is 1. The average Bonchev–Trinajstić information content (AvgIpc) is 3.48. The first kappa shape index (κ1) is 16.8. The van der Waals surface area contributed by atoms with E-state index in [4.69, 9.17) is 4.74 Å². The fourth-order valence-corrected chi connectivity index (χ4v) is 4.07. The predicted octanol–water partition coefficient (Wildman–Crippen LogP) is 2.99. The number of methoxy groups -OCH3 is 1. The lowest BCUT2D eigenvalue weighted by Crippen LogP contribution is -2.02. The van der Waals surface area contributed by atoms with Gasteiger partial charge in [0.25, 0.3) is 0 Å². The molecule has 0 aliphatic carbocycles. The normalized spacial score (nSPS) is 11.2. The Morgan fingerprint density at radius 1 is 1.04 bits per heavy atom. The predicted molar refractivity (Wildman–Crippen MR) is 104 cm³/mol. The number of nitrogens with zero attached hydrogens (tertiary/aromatic N) is 8. The van der Waals surface area contributed by atoms with Crippen LogP contribution in [0, 0.1) is 0 Å². The molecule has 0 fully saturated rings. The van der Waals surface area contributed by atoms with Crippen molar-refractivity contribution in [1.82, 2.24) is 40.0 Å². The molecule has 0 unspecified atom stereocenters. The van der Waals surface area contributed by atoms with Crippen molar-refractivity contribution in [1.29, 1.82) is 0 Å². The summed E-state index contributed by atoms with van der Waals surface area (Å²) in [6.07, 6.45) is 0. The van der Waals surface area contributed by atoms with Gasteiger partial charge in [0.2, 0.25) is 5.16 Å². The van der Waals surface area contributed by atoms with Crippen LogP contribution in [0.1, 0.15) is 0 Å². The highest BCUT2D eigenvalue weighted by Crippen LogP contribution is 2.29. The van der Waals surface area contributed by atoms with E-state index in [2.05, 4.69) is 30.8 Å². The first-order valence-corrected chi connectivity index (χ1v) is 9.94. The van der Waals surface area contributed by atoms with Crippen LogP contribution in [-0.2, 0) is 0 Å². The summed E-state index contributed by atoms with van der Waals surface area (Å²) in [4.78, 5) is 0. The summed E-state index contributed by atoms with van der Waals surface area (Å²) in [6, 6.07) is 13.3. The van der Waals surface area contributed by atoms with E-state index >= 15 is 0 Å². The SMILES string of the molecule is COc1ccccc1-n1nnnc1Sc1ccc2nnc(-c3ccsc3)n2n1. The summed E-state index contributed by atoms with van der Waals surface area (Å²) in [7, 11) is 1.61. The van der Waals surface area contributed by atoms with Gasteiger partial charge in [0.1, 0.15) is 16.5 Å². The lowest BCUT2D eigenvalue weighted by Gasteiger charge is -2.08. The average molecular weight is 408 g/mol. The molecule has 0 saturated heterocycles. The first-order valence-electron chi connectivity index (χ1n) is 8.18. The molecule has 0 saturated carbocycles. The van der Waals surface area contributed by atoms with Crippen LogP contribution in [0.15, 0.2) is 63.4 Å². The Kier molecular flexibility index (Phi) is 4.22. The molecule has 5 rings (SSSR count). The zero-order valence-corrected chi connectivity index (χ0v) is 16.1. The van der Waals surface area contributed by atoms with E-state index in [1.165, 1.54) is 11.8 Å². The number of rotatable bonds is 5. The fraction of sp³-hybridized carbons (Fsp3) is 0.0588. The monoisotopic (exact) mass is 408 g/mol. The van der Waals surface area contributed by atoms with Gasteiger partial charge in [-0.25, -0.2) is 0 Å². The molecular weight excluding hydrogens is 396 g/mol. The van der Waals surface area contributed by atoms with Gasteiger partial charge in [0.05, 0.1) is 7.11 Å². The number of tetrazole rings is 1. The largest absolute Gasteiger partial charge is 0.494 e. The highest BCUT2D eigenvalue weighted by atomic mass is 32.2. The second kappa shape index (κ2) is 7.02. The fourth-order valence-electron chi connectivity index (χ4n) is 2.69. The van der Waals surface area contributed by atoms with Crippen molar-refractivity contribution in [2.75, 3.05) is 7.11 Å². The smallest absolute Gasteiger partial charge is 0.220 e. The van der Waals surface area contributed by atoms with Crippen molar-refractivity contribution in [2.45, 2.75) is 10.2 Å². The Morgan fingerprint density at radius 2 is 1.96 bits per heavy atom. The van der Waals surface area contributed by atoms with Crippen LogP contribution in [0.2, 0.25) is 0 Å². The van der Waals surface area contributed by atoms with E-state index in [9.17, 15) is 0 Å². The van der Waals surface area contributed by atoms with Crippen LogP contribution in [0.25, 0.3) is 22.7 Å². The lowest BCUT2D eigenvalue weighted by atomic mass is 10.3. The number of aromatic nitrogens is 8. The Balaban J connectivity index is 1.53. The van der Waals surface area contributed by atoms with Crippen LogP contribution >= 0.6 is 23.1 Å². The van der Waals surface area contributed by atoms with Crippen molar-refractivity contribution < 1.29 is 4.74 Å². The van der Waals surface area contributed by atoms with E-state index in [0.717, 1.165) is 16.3 Å². The van der Waals surface area contributed by atoms with Gasteiger partial charge in [-0.1, -0.05) is 12.1 Å². The van der Waals surface area contributed by atoms with Gasteiger partial charge in [0.15, 0.2) is 11.5 Å². The highest BCUT2D eigenvalue weighted by Gasteiger charge is 2.16. The van der Waals surface area contributed by atoms with Crippen molar-refractivity contribution in [3.63, 3.8) is 0 Å². The van der Waals surface area contributed by atoms with Crippen LogP contribution < -0.4 is 4.74 Å². The van der Waals surface area contributed by atoms with Gasteiger partial charge in [0, 0.05) is 10.9 Å². The minimum atomic E-state index is 0.571. The van der Waals surface area contributed by atoms with E-state index in [1.54, 1.807) is 27.6 Å². The van der Waals surface area contributed by atoms with Crippen LogP contribution in [0.4, 0.5) is 0 Å². The van der Waals surface area contributed by atoms with Gasteiger partial charge in [-0.3, -0.25) is 0 Å². The molecule has 0 atom stereocenters. The summed E-state index contributed by atoms with van der Waals surface area (Å²) in [5.74, 6) is 1.38. The maximum absolute atomic E-state index is 5.42. The third-order valence-corrected chi connectivity index (χ3v) is 5.52. The Labute approximate surface area is 167 Å². The van der Waals surface area contributed by atoms with Crippen molar-refractivity contribution in [3.05, 3.63) is 53.2 Å². The number of thiophene rings is 1. The minimum Gasteiger partial charge on any atom is -0.494 e. The van der Waals surface area contributed by atoms with Gasteiger partial charge >= 0.3 is 0 Å². The molecule has 138 valence electrons. The molecule has 0 aliphatic heterocycles. The molecule has 0 bridgehead atoms. The molecule has 11 heteroatoms. The Hall–Kier alpha value is -3.31. The van der Waals surface area contributed by atoms with E-state index < -0.39 is 0 Å². The van der Waals surface area contributed by atoms with Crippen molar-refractivity contribution >= 4 is 28.7 Å². The summed E-state index contributed by atoms with van der Waals surface area (Å²) in [5.41, 5.74) is 2.41. The van der Waals surface area contributed by atoms with Crippen molar-refractivity contribution in [3.8, 4) is 22.8 Å². The van der Waals surface area contributed by atoms with Crippen LogP contribution in [0.3, 0.4) is 0 Å². The summed E-state index contributed by atoms with van der Waals surface area (Å²) in [6.45, 7) is 0. The second-order valence-electron chi connectivity index (χ2n) is 5.62. The van der Waals surface area contributed by atoms with Gasteiger partial charge in [-0.2, -0.15) is 25.6 Å². The van der Waals surface area contributed by atoms with Crippen LogP contribution in [0.5, 0.6) is 5.75 Å². The van der Waals surface area contributed by atoms with Crippen LogP contribution in [-0.4, -0.2) is 47.1 Å². The first-order chi connectivity index (χ1) is 13.8. The lowest BCUT2D eigenvalue weighted by molar-refractivity contribution is 0.410. The number of fused-ring (bicyclic) bond motifs is 1. The van der Waals surface area contributed by atoms with E-state index in [1.807, 2.05) is 53.2 Å². The standard InChI is InChI=1S/C17H12N8OS2/c1-26-13-5-3-2-4-12(13)24-17(20-22-23-24)28-15-7-6-14-18-19-16(25(14)21-15)11-8-9-27-10-11/h2-10H,1H3. The van der Waals surface area contributed by atoms with Gasteiger partial charge in [-0.15, -0.1) is 15.3 Å². The topological polar surface area (TPSA) is 95.9 Å². The maximum atomic E-state index is 5.42. The minimum absolute atomic E-state index is 0.571. The molecule has 0 N–H and O–H groups in total. The molecule has 4 aromatic heterocycles.